The molecule has 0 aromatic heterocycles. The molecule has 0 spiro atoms. The third kappa shape index (κ3) is 2.65. The van der Waals surface area contributed by atoms with Crippen LogP contribution in [0.1, 0.15) is 44.9 Å². The van der Waals surface area contributed by atoms with E-state index in [9.17, 15) is 0 Å². The Hall–Kier alpha value is -0.570. The molecule has 0 heterocycles. The van der Waals surface area contributed by atoms with E-state index in [1.165, 1.54) is 45.1 Å². The number of amidine groups is 1. The summed E-state index contributed by atoms with van der Waals surface area (Å²) in [4.78, 5) is 2.63. The number of hydrogen-bond donors (Lipinski definition) is 2. The molecule has 96 valence electrons. The van der Waals surface area contributed by atoms with E-state index < -0.39 is 0 Å². The summed E-state index contributed by atoms with van der Waals surface area (Å²) in [6, 6.07) is 0.827. The zero-order valence-electron chi connectivity index (χ0n) is 10.7. The number of rotatable bonds is 6. The summed E-state index contributed by atoms with van der Waals surface area (Å²) in [5.41, 5.74) is 5.49. The molecule has 17 heavy (non-hydrogen) atoms. The van der Waals surface area contributed by atoms with E-state index in [4.69, 9.17) is 11.1 Å². The second-order valence-electron chi connectivity index (χ2n) is 6.44. The van der Waals surface area contributed by atoms with Gasteiger partial charge in [-0.05, 0) is 49.9 Å². The normalized spacial score (nSPS) is 35.7. The van der Waals surface area contributed by atoms with Crippen LogP contribution in [-0.2, 0) is 0 Å². The van der Waals surface area contributed by atoms with Crippen LogP contribution in [-0.4, -0.2) is 29.9 Å². The number of fused-ring (bicyclic) bond motifs is 2. The van der Waals surface area contributed by atoms with Gasteiger partial charge in [-0.3, -0.25) is 10.3 Å². The van der Waals surface area contributed by atoms with Gasteiger partial charge in [0.15, 0.2) is 0 Å². The largest absolute Gasteiger partial charge is 0.388 e. The van der Waals surface area contributed by atoms with Crippen molar-refractivity contribution in [2.45, 2.75) is 51.0 Å². The van der Waals surface area contributed by atoms with E-state index in [0.717, 1.165) is 36.8 Å². The zero-order valence-corrected chi connectivity index (χ0v) is 10.7. The molecule has 2 bridgehead atoms. The van der Waals surface area contributed by atoms with Gasteiger partial charge >= 0.3 is 0 Å². The molecule has 3 heteroatoms. The van der Waals surface area contributed by atoms with Crippen molar-refractivity contribution in [1.82, 2.24) is 4.90 Å². The smallest absolute Gasteiger partial charge is 0.0918 e. The fourth-order valence-electron chi connectivity index (χ4n) is 4.03. The molecule has 3 nitrogen and oxygen atoms in total. The van der Waals surface area contributed by atoms with Gasteiger partial charge in [0.1, 0.15) is 0 Å². The lowest BCUT2D eigenvalue weighted by atomic mass is 9.88. The van der Waals surface area contributed by atoms with E-state index >= 15 is 0 Å². The van der Waals surface area contributed by atoms with Crippen molar-refractivity contribution in [2.24, 2.45) is 23.5 Å². The van der Waals surface area contributed by atoms with E-state index in [0.29, 0.717) is 5.84 Å². The quantitative estimate of drug-likeness (QED) is 0.548. The molecule has 3 N–H and O–H groups in total. The molecule has 0 aromatic carbocycles. The Labute approximate surface area is 104 Å². The summed E-state index contributed by atoms with van der Waals surface area (Å²) in [6.07, 6.45) is 9.48. The minimum atomic E-state index is 0.351. The van der Waals surface area contributed by atoms with Gasteiger partial charge in [0, 0.05) is 25.6 Å². The van der Waals surface area contributed by atoms with Crippen LogP contribution in [0.15, 0.2) is 0 Å². The molecule has 3 rings (SSSR count). The third-order valence-electron chi connectivity index (χ3n) is 5.09. The number of nitrogens with zero attached hydrogens (tertiary/aromatic N) is 1. The van der Waals surface area contributed by atoms with Crippen LogP contribution in [0.4, 0.5) is 0 Å². The molecule has 3 fully saturated rings. The molecule has 0 saturated heterocycles. The van der Waals surface area contributed by atoms with Gasteiger partial charge in [-0.2, -0.15) is 0 Å². The van der Waals surface area contributed by atoms with Crippen molar-refractivity contribution in [3.63, 3.8) is 0 Å². The molecule has 3 unspecified atom stereocenters. The number of hydrogen-bond acceptors (Lipinski definition) is 2. The summed E-state index contributed by atoms with van der Waals surface area (Å²) in [5, 5.41) is 7.37. The molecule has 0 radical (unpaired) electrons. The average Bonchev–Trinajstić information content (AvgIpc) is 2.93. The van der Waals surface area contributed by atoms with Gasteiger partial charge in [0.25, 0.3) is 0 Å². The van der Waals surface area contributed by atoms with Crippen LogP contribution in [0.5, 0.6) is 0 Å². The van der Waals surface area contributed by atoms with Crippen LogP contribution >= 0.6 is 0 Å². The fourth-order valence-corrected chi connectivity index (χ4v) is 4.03. The van der Waals surface area contributed by atoms with Crippen LogP contribution in [0.2, 0.25) is 0 Å². The fraction of sp³-hybridized carbons (Fsp3) is 0.929. The van der Waals surface area contributed by atoms with Gasteiger partial charge in [0.05, 0.1) is 5.84 Å². The highest BCUT2D eigenvalue weighted by Gasteiger charge is 2.41. The minimum absolute atomic E-state index is 0.351. The molecular weight excluding hydrogens is 210 g/mol. The molecular formula is C14H25N3. The maximum absolute atomic E-state index is 7.37. The Morgan fingerprint density at radius 1 is 1.18 bits per heavy atom. The Bertz CT molecular complexity index is 298. The summed E-state index contributed by atoms with van der Waals surface area (Å²) in [5.74, 6) is 3.39. The first-order chi connectivity index (χ1) is 8.22. The van der Waals surface area contributed by atoms with E-state index in [1.807, 2.05) is 0 Å². The van der Waals surface area contributed by atoms with Crippen LogP contribution < -0.4 is 5.73 Å². The third-order valence-corrected chi connectivity index (χ3v) is 5.09. The maximum atomic E-state index is 7.37. The number of nitrogens with one attached hydrogen (secondary N) is 1. The zero-order chi connectivity index (χ0) is 11.8. The lowest BCUT2D eigenvalue weighted by Crippen LogP contribution is -2.35. The molecule has 0 aromatic rings. The summed E-state index contributed by atoms with van der Waals surface area (Å²) in [6.45, 7) is 2.31. The van der Waals surface area contributed by atoms with Crippen molar-refractivity contribution in [3.8, 4) is 0 Å². The average molecular weight is 235 g/mol. The second-order valence-corrected chi connectivity index (χ2v) is 6.44. The van der Waals surface area contributed by atoms with Crippen molar-refractivity contribution in [1.29, 1.82) is 5.41 Å². The van der Waals surface area contributed by atoms with Crippen LogP contribution in [0.3, 0.4) is 0 Å². The van der Waals surface area contributed by atoms with Crippen molar-refractivity contribution in [3.05, 3.63) is 0 Å². The van der Waals surface area contributed by atoms with Gasteiger partial charge in [-0.1, -0.05) is 6.42 Å². The summed E-state index contributed by atoms with van der Waals surface area (Å²) in [7, 11) is 0. The SMILES string of the molecule is N=C(N)CCN(CC1CC2CCC1C2)C1CC1. The molecule has 3 aliphatic carbocycles. The second kappa shape index (κ2) is 4.60. The van der Waals surface area contributed by atoms with Gasteiger partial charge in [-0.15, -0.1) is 0 Å². The first-order valence-electron chi connectivity index (χ1n) is 7.29. The first kappa shape index (κ1) is 11.5. The highest BCUT2D eigenvalue weighted by atomic mass is 15.2. The topological polar surface area (TPSA) is 53.1 Å². The van der Waals surface area contributed by atoms with Crippen molar-refractivity contribution >= 4 is 5.84 Å². The Kier molecular flexibility index (Phi) is 3.12. The molecule has 3 aliphatic rings. The van der Waals surface area contributed by atoms with Crippen molar-refractivity contribution in [2.75, 3.05) is 13.1 Å². The maximum Gasteiger partial charge on any atom is 0.0918 e. The molecule has 3 saturated carbocycles. The number of nitrogens with two attached hydrogens (primary N) is 1. The Balaban J connectivity index is 1.51. The monoisotopic (exact) mass is 235 g/mol. The van der Waals surface area contributed by atoms with E-state index in [2.05, 4.69) is 4.90 Å². The van der Waals surface area contributed by atoms with E-state index in [1.54, 1.807) is 0 Å². The van der Waals surface area contributed by atoms with Gasteiger partial charge in [0.2, 0.25) is 0 Å². The molecule has 0 aliphatic heterocycles. The standard InChI is InChI=1S/C14H25N3/c15-14(16)5-6-17(13-3-4-13)9-12-8-10-1-2-11(12)7-10/h10-13H,1-9H2,(H3,15,16). The highest BCUT2D eigenvalue weighted by molar-refractivity contribution is 5.76. The highest BCUT2D eigenvalue weighted by Crippen LogP contribution is 2.49. The van der Waals surface area contributed by atoms with Crippen molar-refractivity contribution < 1.29 is 0 Å². The summed E-state index contributed by atoms with van der Waals surface area (Å²) < 4.78 is 0. The van der Waals surface area contributed by atoms with Gasteiger partial charge in [-0.25, -0.2) is 0 Å². The first-order valence-corrected chi connectivity index (χ1v) is 7.29. The lowest BCUT2D eigenvalue weighted by molar-refractivity contribution is 0.186. The lowest BCUT2D eigenvalue weighted by Gasteiger charge is -2.29. The van der Waals surface area contributed by atoms with Gasteiger partial charge < -0.3 is 5.73 Å². The van der Waals surface area contributed by atoms with E-state index in [-0.39, 0.29) is 0 Å². The summed E-state index contributed by atoms with van der Waals surface area (Å²) >= 11 is 0. The van der Waals surface area contributed by atoms with Crippen LogP contribution in [0, 0.1) is 23.2 Å². The Morgan fingerprint density at radius 3 is 2.53 bits per heavy atom. The molecule has 3 atom stereocenters. The molecule has 0 amide bonds. The Morgan fingerprint density at radius 2 is 2.00 bits per heavy atom. The minimum Gasteiger partial charge on any atom is -0.388 e. The predicted octanol–water partition coefficient (Wildman–Crippen LogP) is 2.21. The predicted molar refractivity (Wildman–Crippen MR) is 70.1 cm³/mol. The van der Waals surface area contributed by atoms with Crippen LogP contribution in [0.25, 0.3) is 0 Å².